The minimum atomic E-state index is -0.356. The van der Waals surface area contributed by atoms with E-state index in [1.165, 1.54) is 18.5 Å². The maximum atomic E-state index is 13.7. The predicted octanol–water partition coefficient (Wildman–Crippen LogP) is 3.85. The van der Waals surface area contributed by atoms with Gasteiger partial charge in [0.25, 0.3) is 0 Å². The fourth-order valence-corrected chi connectivity index (χ4v) is 3.10. The number of nitrogens with one attached hydrogen (secondary N) is 1. The molecule has 7 nitrogen and oxygen atoms in total. The summed E-state index contributed by atoms with van der Waals surface area (Å²) in [5.74, 6) is 0.0824. The Morgan fingerprint density at radius 2 is 2.00 bits per heavy atom. The van der Waals surface area contributed by atoms with Gasteiger partial charge in [-0.3, -0.25) is 4.98 Å². The lowest BCUT2D eigenvalue weighted by molar-refractivity contribution is 0.629. The molecule has 3 N–H and O–H groups in total. The molecule has 0 fully saturated rings. The quantitative estimate of drug-likeness (QED) is 0.548. The highest BCUT2D eigenvalue weighted by Crippen LogP contribution is 2.31. The van der Waals surface area contributed by atoms with Crippen molar-refractivity contribution in [1.82, 2.24) is 19.9 Å². The molecule has 4 aromatic rings. The third-order valence-corrected chi connectivity index (χ3v) is 4.52. The fourth-order valence-electron chi connectivity index (χ4n) is 3.10. The van der Waals surface area contributed by atoms with Gasteiger partial charge in [-0.15, -0.1) is 0 Å². The second-order valence-electron chi connectivity index (χ2n) is 6.44. The Labute approximate surface area is 166 Å². The van der Waals surface area contributed by atoms with Crippen molar-refractivity contribution < 1.29 is 4.39 Å². The molecular weight excluding hydrogens is 369 g/mol. The van der Waals surface area contributed by atoms with E-state index < -0.39 is 0 Å². The number of nitrogens with two attached hydrogens (primary N) is 1. The van der Waals surface area contributed by atoms with Gasteiger partial charge >= 0.3 is 0 Å². The SMILES string of the molecule is CC(Nc1ncnc(N)c1C#N)c1cc2ccc(F)cc2nc1-c1ccccn1. The molecule has 3 heterocycles. The van der Waals surface area contributed by atoms with Crippen LogP contribution in [0.15, 0.2) is 55.0 Å². The number of fused-ring (bicyclic) bond motifs is 1. The molecule has 0 aliphatic heterocycles. The van der Waals surface area contributed by atoms with Crippen LogP contribution < -0.4 is 11.1 Å². The van der Waals surface area contributed by atoms with Gasteiger partial charge in [0.15, 0.2) is 0 Å². The first kappa shape index (κ1) is 18.3. The third kappa shape index (κ3) is 3.53. The number of nitrogen functional groups attached to an aromatic ring is 1. The lowest BCUT2D eigenvalue weighted by Gasteiger charge is -2.19. The van der Waals surface area contributed by atoms with Crippen molar-refractivity contribution in [1.29, 1.82) is 5.26 Å². The molecule has 0 amide bonds. The molecule has 0 saturated carbocycles. The Balaban J connectivity index is 1.85. The summed E-state index contributed by atoms with van der Waals surface area (Å²) in [5, 5.41) is 13.4. The van der Waals surface area contributed by atoms with E-state index in [9.17, 15) is 9.65 Å². The molecule has 142 valence electrons. The molecule has 1 unspecified atom stereocenters. The Morgan fingerprint density at radius 3 is 2.76 bits per heavy atom. The van der Waals surface area contributed by atoms with Crippen molar-refractivity contribution in [2.75, 3.05) is 11.1 Å². The summed E-state index contributed by atoms with van der Waals surface area (Å²) < 4.78 is 13.7. The number of hydrogen-bond acceptors (Lipinski definition) is 7. The maximum absolute atomic E-state index is 13.7. The summed E-state index contributed by atoms with van der Waals surface area (Å²) in [6.45, 7) is 1.91. The van der Waals surface area contributed by atoms with Crippen LogP contribution in [0.4, 0.5) is 16.0 Å². The van der Waals surface area contributed by atoms with Crippen LogP contribution in [0.1, 0.15) is 24.1 Å². The zero-order chi connectivity index (χ0) is 20.4. The van der Waals surface area contributed by atoms with E-state index in [-0.39, 0.29) is 23.2 Å². The van der Waals surface area contributed by atoms with Gasteiger partial charge in [0.05, 0.1) is 22.9 Å². The van der Waals surface area contributed by atoms with E-state index >= 15 is 0 Å². The monoisotopic (exact) mass is 385 g/mol. The lowest BCUT2D eigenvalue weighted by Crippen LogP contribution is -2.13. The normalized spacial score (nSPS) is 11.8. The highest BCUT2D eigenvalue weighted by Gasteiger charge is 2.19. The standard InChI is InChI=1S/C21H16FN7/c1-12(28-21-16(10-23)20(24)26-11-27-21)15-8-13-5-6-14(22)9-18(13)29-19(15)17-4-2-3-7-25-17/h2-9,11-12H,1H3,(H3,24,26,27,28). The van der Waals surface area contributed by atoms with Crippen LogP contribution in [0.3, 0.4) is 0 Å². The molecule has 0 bridgehead atoms. The minimum Gasteiger partial charge on any atom is -0.382 e. The number of anilines is 2. The molecule has 29 heavy (non-hydrogen) atoms. The number of pyridine rings is 2. The molecule has 1 atom stereocenters. The summed E-state index contributed by atoms with van der Waals surface area (Å²) >= 11 is 0. The van der Waals surface area contributed by atoms with Crippen molar-refractivity contribution in [3.8, 4) is 17.5 Å². The van der Waals surface area contributed by atoms with E-state index in [4.69, 9.17) is 5.73 Å². The van der Waals surface area contributed by atoms with Crippen LogP contribution in [0.2, 0.25) is 0 Å². The smallest absolute Gasteiger partial charge is 0.150 e. The Kier molecular flexibility index (Phi) is 4.71. The maximum Gasteiger partial charge on any atom is 0.150 e. The van der Waals surface area contributed by atoms with Crippen LogP contribution >= 0.6 is 0 Å². The first-order chi connectivity index (χ1) is 14.1. The molecule has 1 aromatic carbocycles. The third-order valence-electron chi connectivity index (χ3n) is 4.52. The summed E-state index contributed by atoms with van der Waals surface area (Å²) in [4.78, 5) is 17.1. The minimum absolute atomic E-state index is 0.106. The Hall–Kier alpha value is -4.12. The van der Waals surface area contributed by atoms with Gasteiger partial charge in [-0.25, -0.2) is 19.3 Å². The second kappa shape index (κ2) is 7.48. The van der Waals surface area contributed by atoms with Gasteiger partial charge in [-0.05, 0) is 37.3 Å². The summed E-state index contributed by atoms with van der Waals surface area (Å²) in [6, 6.07) is 13.6. The molecule has 0 aliphatic carbocycles. The van der Waals surface area contributed by atoms with Crippen LogP contribution in [0.25, 0.3) is 22.3 Å². The Bertz CT molecular complexity index is 1240. The lowest BCUT2D eigenvalue weighted by atomic mass is 10.0. The van der Waals surface area contributed by atoms with Crippen molar-refractivity contribution in [3.05, 3.63) is 71.9 Å². The van der Waals surface area contributed by atoms with Crippen molar-refractivity contribution in [2.24, 2.45) is 0 Å². The number of rotatable bonds is 4. The van der Waals surface area contributed by atoms with E-state index in [0.717, 1.165) is 10.9 Å². The Morgan fingerprint density at radius 1 is 1.14 bits per heavy atom. The average Bonchev–Trinajstić information content (AvgIpc) is 2.73. The molecule has 8 heteroatoms. The molecule has 3 aromatic heterocycles. The van der Waals surface area contributed by atoms with Crippen LogP contribution in [0, 0.1) is 17.1 Å². The van der Waals surface area contributed by atoms with Gasteiger partial charge < -0.3 is 11.1 Å². The molecule has 4 rings (SSSR count). The number of nitriles is 1. The number of halogens is 1. The van der Waals surface area contributed by atoms with Crippen molar-refractivity contribution >= 4 is 22.5 Å². The topological polar surface area (TPSA) is 113 Å². The average molecular weight is 385 g/mol. The second-order valence-corrected chi connectivity index (χ2v) is 6.44. The number of hydrogen-bond donors (Lipinski definition) is 2. The summed E-state index contributed by atoms with van der Waals surface area (Å²) in [5.41, 5.74) is 8.59. The van der Waals surface area contributed by atoms with Crippen molar-refractivity contribution in [3.63, 3.8) is 0 Å². The number of aromatic nitrogens is 4. The zero-order valence-corrected chi connectivity index (χ0v) is 15.5. The van der Waals surface area contributed by atoms with E-state index in [2.05, 4.69) is 25.3 Å². The summed E-state index contributed by atoms with van der Waals surface area (Å²) in [6.07, 6.45) is 2.97. The predicted molar refractivity (Wildman–Crippen MR) is 108 cm³/mol. The van der Waals surface area contributed by atoms with E-state index in [1.807, 2.05) is 37.3 Å². The van der Waals surface area contributed by atoms with E-state index in [1.54, 1.807) is 12.3 Å². The molecule has 0 radical (unpaired) electrons. The first-order valence-corrected chi connectivity index (χ1v) is 8.85. The molecular formula is C21H16FN7. The van der Waals surface area contributed by atoms with Crippen molar-refractivity contribution in [2.45, 2.75) is 13.0 Å². The molecule has 0 aliphatic rings. The van der Waals surface area contributed by atoms with Crippen LogP contribution in [-0.2, 0) is 0 Å². The fraction of sp³-hybridized carbons (Fsp3) is 0.0952. The van der Waals surface area contributed by atoms with Gasteiger partial charge in [-0.1, -0.05) is 6.07 Å². The highest BCUT2D eigenvalue weighted by atomic mass is 19.1. The summed E-state index contributed by atoms with van der Waals surface area (Å²) in [7, 11) is 0. The number of benzene rings is 1. The molecule has 0 saturated heterocycles. The number of nitrogens with zero attached hydrogens (tertiary/aromatic N) is 5. The first-order valence-electron chi connectivity index (χ1n) is 8.85. The van der Waals surface area contributed by atoms with Crippen LogP contribution in [-0.4, -0.2) is 19.9 Å². The largest absolute Gasteiger partial charge is 0.382 e. The van der Waals surface area contributed by atoms with Gasteiger partial charge in [-0.2, -0.15) is 5.26 Å². The van der Waals surface area contributed by atoms with Gasteiger partial charge in [0.2, 0.25) is 0 Å². The zero-order valence-electron chi connectivity index (χ0n) is 15.5. The van der Waals surface area contributed by atoms with Gasteiger partial charge in [0.1, 0.15) is 35.4 Å². The van der Waals surface area contributed by atoms with Crippen LogP contribution in [0.5, 0.6) is 0 Å². The van der Waals surface area contributed by atoms with Gasteiger partial charge in [0, 0.05) is 23.2 Å². The highest BCUT2D eigenvalue weighted by molar-refractivity contribution is 5.83. The van der Waals surface area contributed by atoms with E-state index in [0.29, 0.717) is 22.7 Å². The molecule has 0 spiro atoms.